The predicted octanol–water partition coefficient (Wildman–Crippen LogP) is 6.85. The highest BCUT2D eigenvalue weighted by atomic mass is 19.4. The molecule has 0 bridgehead atoms. The molecule has 1 N–H and O–H groups in total. The first-order chi connectivity index (χ1) is 20.0. The van der Waals surface area contributed by atoms with E-state index >= 15 is 0 Å². The average molecular weight is 629 g/mol. The van der Waals surface area contributed by atoms with E-state index in [0.717, 1.165) is 32.5 Å². The number of likely N-dealkylation sites (tertiary alicyclic amines) is 2. The molecule has 0 aliphatic carbocycles. The van der Waals surface area contributed by atoms with E-state index in [1.165, 1.54) is 6.42 Å². The second-order valence-corrected chi connectivity index (χ2v) is 11.3. The molecule has 3 heterocycles. The maximum Gasteiger partial charge on any atom is 0.436 e. The molecule has 2 fully saturated rings. The van der Waals surface area contributed by atoms with E-state index in [-0.39, 0.29) is 43.1 Å². The number of rotatable bonds is 8. The smallest absolute Gasteiger partial charge is 0.436 e. The molecule has 4 rings (SSSR count). The molecule has 43 heavy (non-hydrogen) atoms. The van der Waals surface area contributed by atoms with E-state index in [0.29, 0.717) is 25.3 Å². The molecule has 2 aliphatic heterocycles. The first-order valence-corrected chi connectivity index (χ1v) is 14.1. The van der Waals surface area contributed by atoms with Crippen LogP contribution in [0.15, 0.2) is 22.6 Å². The number of carbonyl (C=O) groups is 1. The third-order valence-electron chi connectivity index (χ3n) is 7.82. The molecular formula is C28H33F9N4O2. The topological polar surface area (TPSA) is 61.6 Å². The zero-order chi connectivity index (χ0) is 31.6. The third-order valence-corrected chi connectivity index (χ3v) is 7.82. The second-order valence-electron chi connectivity index (χ2n) is 11.3. The number of hydrogen-bond donors (Lipinski definition) is 1. The molecule has 240 valence electrons. The largest absolute Gasteiger partial charge is 0.439 e. The van der Waals surface area contributed by atoms with Gasteiger partial charge in [0, 0.05) is 24.6 Å². The van der Waals surface area contributed by atoms with E-state index < -0.39 is 59.1 Å². The van der Waals surface area contributed by atoms with Crippen LogP contribution in [-0.4, -0.2) is 60.0 Å². The number of aromatic nitrogens is 1. The molecule has 1 aromatic heterocycles. The molecule has 0 radical (unpaired) electrons. The van der Waals surface area contributed by atoms with Crippen LogP contribution in [0.25, 0.3) is 11.5 Å². The fourth-order valence-corrected chi connectivity index (χ4v) is 5.59. The minimum Gasteiger partial charge on any atom is -0.439 e. The summed E-state index contributed by atoms with van der Waals surface area (Å²) in [6, 6.07) is 0.401. The highest BCUT2D eigenvalue weighted by molar-refractivity contribution is 5.78. The van der Waals surface area contributed by atoms with Gasteiger partial charge in [0.1, 0.15) is 0 Å². The average Bonchev–Trinajstić information content (AvgIpc) is 3.35. The van der Waals surface area contributed by atoms with Crippen LogP contribution >= 0.6 is 0 Å². The van der Waals surface area contributed by atoms with Gasteiger partial charge in [-0.1, -0.05) is 6.92 Å². The number of oxazole rings is 1. The Bertz CT molecular complexity index is 1220. The van der Waals surface area contributed by atoms with Gasteiger partial charge in [-0.3, -0.25) is 9.69 Å². The molecular weight excluding hydrogens is 595 g/mol. The lowest BCUT2D eigenvalue weighted by molar-refractivity contribution is -0.144. The SMILES string of the molecule is CC1CCCN(CCCNC(=O)C2CCN(Cc3oc(-c4cc(C(F)(F)F)cc(C(F)(F)F)c4)nc3C(F)(F)F)CC2)C1. The van der Waals surface area contributed by atoms with Crippen LogP contribution in [0.5, 0.6) is 0 Å². The van der Waals surface area contributed by atoms with Crippen molar-refractivity contribution >= 4 is 5.91 Å². The first kappa shape index (κ1) is 33.1. The zero-order valence-corrected chi connectivity index (χ0v) is 23.4. The van der Waals surface area contributed by atoms with Crippen molar-refractivity contribution in [3.8, 4) is 11.5 Å². The van der Waals surface area contributed by atoms with E-state index in [4.69, 9.17) is 4.42 Å². The summed E-state index contributed by atoms with van der Waals surface area (Å²) < 4.78 is 126. The Kier molecular flexibility index (Phi) is 10.0. The van der Waals surface area contributed by atoms with Crippen LogP contribution in [0.4, 0.5) is 39.5 Å². The molecule has 2 aliphatic rings. The van der Waals surface area contributed by atoms with Gasteiger partial charge < -0.3 is 14.6 Å². The summed E-state index contributed by atoms with van der Waals surface area (Å²) in [6.45, 7) is 5.76. The number of hydrogen-bond acceptors (Lipinski definition) is 5. The fraction of sp³-hybridized carbons (Fsp3) is 0.643. The minimum atomic E-state index is -5.19. The van der Waals surface area contributed by atoms with Gasteiger partial charge in [0.25, 0.3) is 0 Å². The van der Waals surface area contributed by atoms with Crippen molar-refractivity contribution in [1.29, 1.82) is 0 Å². The Hall–Kier alpha value is -2.81. The number of halogens is 9. The van der Waals surface area contributed by atoms with Crippen molar-refractivity contribution in [3.63, 3.8) is 0 Å². The van der Waals surface area contributed by atoms with E-state index in [1.807, 2.05) is 0 Å². The highest BCUT2D eigenvalue weighted by Crippen LogP contribution is 2.40. The first-order valence-electron chi connectivity index (χ1n) is 14.1. The van der Waals surface area contributed by atoms with Crippen molar-refractivity contribution < 1.29 is 48.7 Å². The van der Waals surface area contributed by atoms with Crippen molar-refractivity contribution in [2.45, 2.75) is 64.1 Å². The third kappa shape index (κ3) is 8.87. The molecule has 1 atom stereocenters. The quantitative estimate of drug-likeness (QED) is 0.256. The van der Waals surface area contributed by atoms with Crippen LogP contribution in [0.1, 0.15) is 61.6 Å². The molecule has 2 aromatic rings. The van der Waals surface area contributed by atoms with E-state index in [1.54, 1.807) is 4.90 Å². The molecule has 1 amide bonds. The Morgan fingerprint density at radius 2 is 1.53 bits per heavy atom. The van der Waals surface area contributed by atoms with Crippen LogP contribution in [0, 0.1) is 11.8 Å². The van der Waals surface area contributed by atoms with E-state index in [2.05, 4.69) is 22.1 Å². The number of benzene rings is 1. The molecule has 1 unspecified atom stereocenters. The maximum atomic E-state index is 13.8. The van der Waals surface area contributed by atoms with Gasteiger partial charge in [-0.25, -0.2) is 4.98 Å². The molecule has 0 spiro atoms. The standard InChI is InChI=1S/C28H33F9N4O2/c1-17-4-2-8-40(15-17)9-3-7-38-24(42)18-5-10-41(11-6-18)16-22-23(28(35,36)37)39-25(43-22)19-12-20(26(29,30)31)14-21(13-19)27(32,33)34/h12-14,17-18H,2-11,15-16H2,1H3,(H,38,42). The maximum absolute atomic E-state index is 13.8. The summed E-state index contributed by atoms with van der Waals surface area (Å²) in [5.41, 5.74) is -5.82. The van der Waals surface area contributed by atoms with Crippen LogP contribution in [-0.2, 0) is 29.9 Å². The number of piperidine rings is 2. The molecule has 6 nitrogen and oxygen atoms in total. The normalized spacial score (nSPS) is 20.0. The van der Waals surface area contributed by atoms with Gasteiger partial charge in [0.05, 0.1) is 17.7 Å². The zero-order valence-electron chi connectivity index (χ0n) is 23.4. The lowest BCUT2D eigenvalue weighted by Gasteiger charge is -2.31. The van der Waals surface area contributed by atoms with Gasteiger partial charge in [0.15, 0.2) is 11.5 Å². The Morgan fingerprint density at radius 3 is 2.09 bits per heavy atom. The van der Waals surface area contributed by atoms with Crippen molar-refractivity contribution in [3.05, 3.63) is 40.8 Å². The molecule has 2 saturated heterocycles. The molecule has 15 heteroatoms. The van der Waals surface area contributed by atoms with Crippen molar-refractivity contribution in [1.82, 2.24) is 20.1 Å². The summed E-state index contributed by atoms with van der Waals surface area (Å²) >= 11 is 0. The Morgan fingerprint density at radius 1 is 0.907 bits per heavy atom. The predicted molar refractivity (Wildman–Crippen MR) is 137 cm³/mol. The Balaban J connectivity index is 1.39. The van der Waals surface area contributed by atoms with Gasteiger partial charge in [-0.2, -0.15) is 39.5 Å². The number of alkyl halides is 9. The summed E-state index contributed by atoms with van der Waals surface area (Å²) in [5.74, 6) is -1.54. The summed E-state index contributed by atoms with van der Waals surface area (Å²) in [6.07, 6.45) is -11.5. The second kappa shape index (κ2) is 13.0. The van der Waals surface area contributed by atoms with Gasteiger partial charge in [-0.05, 0) is 82.4 Å². The van der Waals surface area contributed by atoms with Crippen molar-refractivity contribution in [2.75, 3.05) is 39.3 Å². The number of amides is 1. The fourth-order valence-electron chi connectivity index (χ4n) is 5.59. The summed E-state index contributed by atoms with van der Waals surface area (Å²) in [4.78, 5) is 19.9. The summed E-state index contributed by atoms with van der Waals surface area (Å²) in [5, 5.41) is 2.93. The lowest BCUT2D eigenvalue weighted by Crippen LogP contribution is -2.41. The van der Waals surface area contributed by atoms with Gasteiger partial charge in [0.2, 0.25) is 11.8 Å². The lowest BCUT2D eigenvalue weighted by atomic mass is 9.95. The minimum absolute atomic E-state index is 0.130. The van der Waals surface area contributed by atoms with Crippen molar-refractivity contribution in [2.24, 2.45) is 11.8 Å². The summed E-state index contributed by atoms with van der Waals surface area (Å²) in [7, 11) is 0. The van der Waals surface area contributed by atoms with Crippen LogP contribution in [0.3, 0.4) is 0 Å². The molecule has 1 aromatic carbocycles. The number of nitrogens with one attached hydrogen (secondary N) is 1. The van der Waals surface area contributed by atoms with E-state index in [9.17, 15) is 44.3 Å². The number of nitrogens with zero attached hydrogens (tertiary/aromatic N) is 3. The Labute approximate surface area is 242 Å². The molecule has 0 saturated carbocycles. The monoisotopic (exact) mass is 628 g/mol. The van der Waals surface area contributed by atoms with Gasteiger partial charge >= 0.3 is 18.5 Å². The van der Waals surface area contributed by atoms with Crippen LogP contribution in [0.2, 0.25) is 0 Å². The van der Waals surface area contributed by atoms with Gasteiger partial charge in [-0.15, -0.1) is 0 Å². The van der Waals surface area contributed by atoms with Crippen LogP contribution < -0.4 is 5.32 Å². The number of carbonyl (C=O) groups excluding carboxylic acids is 1. The highest BCUT2D eigenvalue weighted by Gasteiger charge is 2.41.